The Morgan fingerprint density at radius 2 is 0.941 bits per heavy atom. The zero-order chi connectivity index (χ0) is 23.2. The third-order valence-electron chi connectivity index (χ3n) is 6.46. The van der Waals surface area contributed by atoms with Gasteiger partial charge in [-0.1, -0.05) is 91.0 Å². The van der Waals surface area contributed by atoms with Crippen molar-refractivity contribution in [3.05, 3.63) is 131 Å². The molecule has 0 saturated heterocycles. The number of hydrogen-bond donors (Lipinski definition) is 0. The van der Waals surface area contributed by atoms with E-state index in [4.69, 9.17) is 0 Å². The fourth-order valence-corrected chi connectivity index (χ4v) is 4.99. The monoisotopic (exact) mass is 438 g/mol. The van der Waals surface area contributed by atoms with Gasteiger partial charge in [-0.05, 0) is 34.0 Å². The van der Waals surface area contributed by atoms with Crippen molar-refractivity contribution in [2.24, 2.45) is 0 Å². The second kappa shape index (κ2) is 7.75. The van der Waals surface area contributed by atoms with Gasteiger partial charge in [0.2, 0.25) is 0 Å². The average molecular weight is 438 g/mol. The number of carbonyl (C=O) groups excluding carboxylic acids is 3. The third-order valence-corrected chi connectivity index (χ3v) is 6.46. The van der Waals surface area contributed by atoms with Crippen LogP contribution in [0.2, 0.25) is 0 Å². The van der Waals surface area contributed by atoms with Crippen molar-refractivity contribution in [1.29, 1.82) is 0 Å². The molecule has 0 fully saturated rings. The van der Waals surface area contributed by atoms with Crippen molar-refractivity contribution in [2.45, 2.75) is 0 Å². The van der Waals surface area contributed by atoms with Gasteiger partial charge in [-0.25, -0.2) is 0 Å². The highest BCUT2D eigenvalue weighted by molar-refractivity contribution is 6.35. The van der Waals surface area contributed by atoms with Crippen molar-refractivity contribution < 1.29 is 14.4 Å². The number of fused-ring (bicyclic) bond motifs is 3. The summed E-state index contributed by atoms with van der Waals surface area (Å²) in [5.74, 6) is -0.445. The SMILES string of the molecule is O=Cc1ccc2c(c1)C(=O)c1c(c(-c3ccccc3)c3ccccc3c1-c1ccccc1)C2=O. The molecule has 0 aliphatic heterocycles. The van der Waals surface area contributed by atoms with Crippen molar-refractivity contribution >= 4 is 28.6 Å². The molecule has 0 radical (unpaired) electrons. The fraction of sp³-hybridized carbons (Fsp3) is 0. The zero-order valence-corrected chi connectivity index (χ0v) is 18.1. The van der Waals surface area contributed by atoms with Crippen molar-refractivity contribution in [1.82, 2.24) is 0 Å². The van der Waals surface area contributed by atoms with Crippen LogP contribution in [0.15, 0.2) is 103 Å². The molecule has 0 N–H and O–H groups in total. The minimum atomic E-state index is -0.241. The average Bonchev–Trinajstić information content (AvgIpc) is 2.91. The molecule has 3 heteroatoms. The predicted octanol–water partition coefficient (Wildman–Crippen LogP) is 6.76. The topological polar surface area (TPSA) is 51.2 Å². The molecule has 0 bridgehead atoms. The molecule has 0 aromatic heterocycles. The lowest BCUT2D eigenvalue weighted by Crippen LogP contribution is -2.23. The number of aldehydes is 1. The lowest BCUT2D eigenvalue weighted by atomic mass is 9.74. The molecule has 0 saturated carbocycles. The first kappa shape index (κ1) is 20.0. The van der Waals surface area contributed by atoms with Crippen LogP contribution in [0.4, 0.5) is 0 Å². The van der Waals surface area contributed by atoms with Crippen molar-refractivity contribution in [2.75, 3.05) is 0 Å². The van der Waals surface area contributed by atoms with Gasteiger partial charge in [0.25, 0.3) is 0 Å². The molecule has 0 spiro atoms. The van der Waals surface area contributed by atoms with Gasteiger partial charge < -0.3 is 0 Å². The van der Waals surface area contributed by atoms with Crippen LogP contribution >= 0.6 is 0 Å². The van der Waals surface area contributed by atoms with Gasteiger partial charge in [-0.3, -0.25) is 14.4 Å². The minimum Gasteiger partial charge on any atom is -0.298 e. The minimum absolute atomic E-state index is 0.205. The lowest BCUT2D eigenvalue weighted by molar-refractivity contribution is 0.0980. The quantitative estimate of drug-likeness (QED) is 0.287. The van der Waals surface area contributed by atoms with Crippen LogP contribution in [0.3, 0.4) is 0 Å². The second-order valence-electron chi connectivity index (χ2n) is 8.36. The zero-order valence-electron chi connectivity index (χ0n) is 18.1. The normalized spacial score (nSPS) is 12.4. The van der Waals surface area contributed by atoms with Crippen LogP contribution in [0.1, 0.15) is 42.2 Å². The maximum absolute atomic E-state index is 14.1. The van der Waals surface area contributed by atoms with Gasteiger partial charge in [0, 0.05) is 38.9 Å². The van der Waals surface area contributed by atoms with E-state index in [-0.39, 0.29) is 17.1 Å². The number of carbonyl (C=O) groups is 3. The van der Waals surface area contributed by atoms with E-state index >= 15 is 0 Å². The smallest absolute Gasteiger partial charge is 0.195 e. The predicted molar refractivity (Wildman–Crippen MR) is 134 cm³/mol. The van der Waals surface area contributed by atoms with Crippen LogP contribution < -0.4 is 0 Å². The Morgan fingerprint density at radius 1 is 0.471 bits per heavy atom. The Morgan fingerprint density at radius 3 is 1.44 bits per heavy atom. The van der Waals surface area contributed by atoms with E-state index in [1.807, 2.05) is 84.9 Å². The van der Waals surface area contributed by atoms with E-state index < -0.39 is 0 Å². The molecular formula is C31H18O3. The van der Waals surface area contributed by atoms with Crippen LogP contribution in [0, 0.1) is 0 Å². The maximum atomic E-state index is 14.1. The first-order chi connectivity index (χ1) is 16.7. The standard InChI is InChI=1S/C31H18O3/c32-18-19-15-16-24-25(17-19)31(34)29-27(21-11-5-2-6-12-21)23-14-8-7-13-22(23)26(28(29)30(24)33)20-9-3-1-4-10-20/h1-18H. The maximum Gasteiger partial charge on any atom is 0.195 e. The highest BCUT2D eigenvalue weighted by atomic mass is 16.1. The molecule has 3 nitrogen and oxygen atoms in total. The first-order valence-corrected chi connectivity index (χ1v) is 11.1. The molecule has 6 rings (SSSR count). The molecule has 160 valence electrons. The van der Waals surface area contributed by atoms with E-state index in [1.54, 1.807) is 12.1 Å². The van der Waals surface area contributed by atoms with Crippen LogP contribution in [0.25, 0.3) is 33.0 Å². The van der Waals surface area contributed by atoms with Gasteiger partial charge >= 0.3 is 0 Å². The number of hydrogen-bond acceptors (Lipinski definition) is 3. The van der Waals surface area contributed by atoms with Gasteiger partial charge in [0.05, 0.1) is 0 Å². The summed E-state index contributed by atoms with van der Waals surface area (Å²) < 4.78 is 0. The summed E-state index contributed by atoms with van der Waals surface area (Å²) in [4.78, 5) is 39.5. The van der Waals surface area contributed by atoms with E-state index in [9.17, 15) is 14.4 Å². The van der Waals surface area contributed by atoms with Crippen LogP contribution in [-0.4, -0.2) is 17.9 Å². The summed E-state index contributed by atoms with van der Waals surface area (Å²) >= 11 is 0. The Labute approximate surface area is 196 Å². The van der Waals surface area contributed by atoms with Crippen LogP contribution in [0.5, 0.6) is 0 Å². The highest BCUT2D eigenvalue weighted by Gasteiger charge is 2.36. The Balaban J connectivity index is 1.83. The Hall–Kier alpha value is -4.63. The Bertz CT molecular complexity index is 1630. The van der Waals surface area contributed by atoms with Gasteiger partial charge in [-0.15, -0.1) is 0 Å². The van der Waals surface area contributed by atoms with E-state index in [2.05, 4.69) is 0 Å². The van der Waals surface area contributed by atoms with Gasteiger partial charge in [0.15, 0.2) is 11.6 Å². The van der Waals surface area contributed by atoms with Gasteiger partial charge in [-0.2, -0.15) is 0 Å². The summed E-state index contributed by atoms with van der Waals surface area (Å²) in [6.45, 7) is 0. The lowest BCUT2D eigenvalue weighted by Gasteiger charge is -2.26. The van der Waals surface area contributed by atoms with Crippen molar-refractivity contribution in [3.8, 4) is 22.3 Å². The van der Waals surface area contributed by atoms with E-state index in [1.165, 1.54) is 6.07 Å². The van der Waals surface area contributed by atoms with Crippen LogP contribution in [-0.2, 0) is 0 Å². The molecular weight excluding hydrogens is 420 g/mol. The molecule has 0 atom stereocenters. The number of ketones is 2. The largest absolute Gasteiger partial charge is 0.298 e. The number of rotatable bonds is 3. The molecule has 1 aliphatic rings. The Kier molecular flexibility index (Phi) is 4.56. The number of benzene rings is 5. The van der Waals surface area contributed by atoms with E-state index in [0.29, 0.717) is 28.5 Å². The molecule has 34 heavy (non-hydrogen) atoms. The first-order valence-electron chi connectivity index (χ1n) is 11.1. The summed E-state index contributed by atoms with van der Waals surface area (Å²) in [5, 5.41) is 1.82. The fourth-order valence-electron chi connectivity index (χ4n) is 4.99. The molecule has 1 aliphatic carbocycles. The second-order valence-corrected chi connectivity index (χ2v) is 8.36. The van der Waals surface area contributed by atoms with Crippen molar-refractivity contribution in [3.63, 3.8) is 0 Å². The highest BCUT2D eigenvalue weighted by Crippen LogP contribution is 2.45. The molecule has 5 aromatic carbocycles. The van der Waals surface area contributed by atoms with Gasteiger partial charge in [0.1, 0.15) is 6.29 Å². The third kappa shape index (κ3) is 2.87. The molecule has 0 amide bonds. The summed E-state index contributed by atoms with van der Waals surface area (Å²) in [6, 6.07) is 32.0. The molecule has 5 aromatic rings. The molecule has 0 unspecified atom stereocenters. The van der Waals surface area contributed by atoms with E-state index in [0.717, 1.165) is 33.0 Å². The molecule has 0 heterocycles. The summed E-state index contributed by atoms with van der Waals surface area (Å²) in [5.41, 5.74) is 5.02. The summed E-state index contributed by atoms with van der Waals surface area (Å²) in [6.07, 6.45) is 0.696. The summed E-state index contributed by atoms with van der Waals surface area (Å²) in [7, 11) is 0.